The van der Waals surface area contributed by atoms with Crippen LogP contribution < -0.4 is 5.32 Å². The molecule has 2 aromatic rings. The van der Waals surface area contributed by atoms with Gasteiger partial charge < -0.3 is 5.32 Å². The van der Waals surface area contributed by atoms with Crippen molar-refractivity contribution in [3.63, 3.8) is 0 Å². The van der Waals surface area contributed by atoms with Crippen LogP contribution >= 0.6 is 22.6 Å². The molecule has 1 N–H and O–H groups in total. The van der Waals surface area contributed by atoms with Gasteiger partial charge in [-0.2, -0.15) is 0 Å². The highest BCUT2D eigenvalue weighted by molar-refractivity contribution is 14.1. The molecule has 0 radical (unpaired) electrons. The summed E-state index contributed by atoms with van der Waals surface area (Å²) in [6.07, 6.45) is 1.62. The van der Waals surface area contributed by atoms with Crippen molar-refractivity contribution < 1.29 is 9.72 Å². The molecule has 1 aromatic heterocycles. The number of nitrogens with zero attached hydrogens (tertiary/aromatic N) is 2. The minimum absolute atomic E-state index is 0.106. The Morgan fingerprint density at radius 2 is 2.10 bits per heavy atom. The maximum Gasteiger partial charge on any atom is 0.270 e. The number of amides is 1. The van der Waals surface area contributed by atoms with Crippen molar-refractivity contribution in [2.75, 3.05) is 5.32 Å². The lowest BCUT2D eigenvalue weighted by molar-refractivity contribution is -0.384. The van der Waals surface area contributed by atoms with E-state index in [0.717, 1.165) is 3.57 Å². The van der Waals surface area contributed by atoms with Crippen molar-refractivity contribution in [1.82, 2.24) is 4.98 Å². The summed E-state index contributed by atoms with van der Waals surface area (Å²) in [7, 11) is 0. The van der Waals surface area contributed by atoms with E-state index in [1.807, 2.05) is 6.07 Å². The molecule has 2 rings (SSSR count). The molecule has 0 spiro atoms. The Balaban J connectivity index is 2.25. The van der Waals surface area contributed by atoms with Crippen molar-refractivity contribution in [1.29, 1.82) is 0 Å². The van der Waals surface area contributed by atoms with Gasteiger partial charge in [0.05, 0.1) is 4.92 Å². The average molecular weight is 383 g/mol. The number of hydrogen-bond donors (Lipinski definition) is 1. The normalized spacial score (nSPS) is 10.1. The number of halogens is 1. The van der Waals surface area contributed by atoms with Gasteiger partial charge in [-0.05, 0) is 53.3 Å². The summed E-state index contributed by atoms with van der Waals surface area (Å²) in [5.41, 5.74) is 0.780. The molecule has 0 atom stereocenters. The number of aryl methyl sites for hydroxylation is 1. The first-order chi connectivity index (χ1) is 9.45. The summed E-state index contributed by atoms with van der Waals surface area (Å²) < 4.78 is 0.951. The van der Waals surface area contributed by atoms with Gasteiger partial charge >= 0.3 is 0 Å². The highest BCUT2D eigenvalue weighted by atomic mass is 127. The Hall–Kier alpha value is -2.03. The second-order valence-electron chi connectivity index (χ2n) is 4.13. The van der Waals surface area contributed by atoms with Crippen LogP contribution in [0.1, 0.15) is 15.9 Å². The Morgan fingerprint density at radius 1 is 1.35 bits per heavy atom. The van der Waals surface area contributed by atoms with Gasteiger partial charge in [-0.1, -0.05) is 0 Å². The fourth-order valence-electron chi connectivity index (χ4n) is 1.64. The number of carbonyl (C=O) groups is 1. The van der Waals surface area contributed by atoms with E-state index in [1.165, 1.54) is 12.1 Å². The van der Waals surface area contributed by atoms with E-state index in [-0.39, 0.29) is 11.3 Å². The number of anilines is 1. The first-order valence-electron chi connectivity index (χ1n) is 5.65. The molecule has 0 saturated heterocycles. The van der Waals surface area contributed by atoms with Gasteiger partial charge in [0.15, 0.2) is 0 Å². The number of benzene rings is 1. The van der Waals surface area contributed by atoms with Crippen LogP contribution in [-0.4, -0.2) is 15.8 Å². The van der Waals surface area contributed by atoms with Crippen LogP contribution in [0.2, 0.25) is 0 Å². The zero-order chi connectivity index (χ0) is 14.7. The quantitative estimate of drug-likeness (QED) is 0.501. The molecule has 102 valence electrons. The minimum Gasteiger partial charge on any atom is -0.307 e. The summed E-state index contributed by atoms with van der Waals surface area (Å²) >= 11 is 2.11. The molecule has 1 amide bonds. The topological polar surface area (TPSA) is 85.1 Å². The van der Waals surface area contributed by atoms with Gasteiger partial charge in [0, 0.05) is 27.5 Å². The van der Waals surface area contributed by atoms with E-state index in [2.05, 4.69) is 32.9 Å². The Morgan fingerprint density at radius 3 is 2.70 bits per heavy atom. The molecule has 0 saturated carbocycles. The largest absolute Gasteiger partial charge is 0.307 e. The van der Waals surface area contributed by atoms with Crippen molar-refractivity contribution in [2.24, 2.45) is 0 Å². The van der Waals surface area contributed by atoms with Crippen molar-refractivity contribution in [2.45, 2.75) is 6.92 Å². The fourth-order valence-corrected chi connectivity index (χ4v) is 1.96. The van der Waals surface area contributed by atoms with Crippen LogP contribution in [0.25, 0.3) is 0 Å². The van der Waals surface area contributed by atoms with Crippen LogP contribution in [0.5, 0.6) is 0 Å². The summed E-state index contributed by atoms with van der Waals surface area (Å²) in [5, 5.41) is 13.4. The highest BCUT2D eigenvalue weighted by Crippen LogP contribution is 2.18. The van der Waals surface area contributed by atoms with Gasteiger partial charge in [0.2, 0.25) is 0 Å². The monoisotopic (exact) mass is 383 g/mol. The van der Waals surface area contributed by atoms with E-state index >= 15 is 0 Å². The van der Waals surface area contributed by atoms with E-state index < -0.39 is 10.8 Å². The highest BCUT2D eigenvalue weighted by Gasteiger charge is 2.13. The second-order valence-corrected chi connectivity index (χ2v) is 5.38. The van der Waals surface area contributed by atoms with Gasteiger partial charge in [-0.3, -0.25) is 14.9 Å². The lowest BCUT2D eigenvalue weighted by Gasteiger charge is -2.05. The number of nitro groups is 1. The van der Waals surface area contributed by atoms with Crippen LogP contribution in [0.4, 0.5) is 11.5 Å². The molecule has 7 heteroatoms. The number of nitrogens with one attached hydrogen (secondary N) is 1. The van der Waals surface area contributed by atoms with Crippen molar-refractivity contribution >= 4 is 40.0 Å². The summed E-state index contributed by atoms with van der Waals surface area (Å²) in [4.78, 5) is 26.4. The number of nitro benzene ring substituents is 1. The molecule has 1 heterocycles. The molecule has 20 heavy (non-hydrogen) atoms. The minimum atomic E-state index is -0.521. The molecule has 0 aliphatic rings. The number of non-ortho nitro benzene ring substituents is 1. The van der Waals surface area contributed by atoms with Crippen LogP contribution in [0.15, 0.2) is 36.5 Å². The summed E-state index contributed by atoms with van der Waals surface area (Å²) in [5.74, 6) is -0.0231. The van der Waals surface area contributed by atoms with Gasteiger partial charge in [0.1, 0.15) is 5.82 Å². The van der Waals surface area contributed by atoms with Crippen molar-refractivity contribution in [3.8, 4) is 0 Å². The smallest absolute Gasteiger partial charge is 0.270 e. The summed E-state index contributed by atoms with van der Waals surface area (Å²) in [6.45, 7) is 1.70. The maximum absolute atomic E-state index is 12.1. The van der Waals surface area contributed by atoms with E-state index in [0.29, 0.717) is 11.4 Å². The lowest BCUT2D eigenvalue weighted by atomic mass is 10.1. The Labute approximate surface area is 128 Å². The molecule has 1 aromatic carbocycles. The fraction of sp³-hybridized carbons (Fsp3) is 0.0769. The number of pyridine rings is 1. The molecule has 0 unspecified atom stereocenters. The molecule has 0 bridgehead atoms. The third-order valence-electron chi connectivity index (χ3n) is 2.50. The lowest BCUT2D eigenvalue weighted by Crippen LogP contribution is -2.13. The van der Waals surface area contributed by atoms with Crippen molar-refractivity contribution in [3.05, 3.63) is 61.3 Å². The molecule has 6 nitrogen and oxygen atoms in total. The Kier molecular flexibility index (Phi) is 4.28. The Bertz CT molecular complexity index is 671. The SMILES string of the molecule is Cc1cc(C(=O)Nc2ccc(I)cn2)cc([N+](=O)[O-])c1. The zero-order valence-corrected chi connectivity index (χ0v) is 12.6. The number of hydrogen-bond acceptors (Lipinski definition) is 4. The standard InChI is InChI=1S/C13H10IN3O3/c1-8-4-9(6-11(5-8)17(19)20)13(18)16-12-3-2-10(14)7-15-12/h2-7H,1H3,(H,15,16,18). The molecular formula is C13H10IN3O3. The third kappa shape index (κ3) is 3.50. The average Bonchev–Trinajstić information content (AvgIpc) is 2.40. The predicted molar refractivity (Wildman–Crippen MR) is 82.7 cm³/mol. The van der Waals surface area contributed by atoms with E-state index in [1.54, 1.807) is 25.3 Å². The first-order valence-corrected chi connectivity index (χ1v) is 6.72. The van der Waals surface area contributed by atoms with E-state index in [4.69, 9.17) is 0 Å². The molecule has 0 fully saturated rings. The van der Waals surface area contributed by atoms with Gasteiger partial charge in [-0.25, -0.2) is 4.98 Å². The molecule has 0 aliphatic carbocycles. The van der Waals surface area contributed by atoms with Crippen LogP contribution in [0.3, 0.4) is 0 Å². The summed E-state index contributed by atoms with van der Waals surface area (Å²) in [6, 6.07) is 7.73. The molecule has 0 aliphatic heterocycles. The maximum atomic E-state index is 12.1. The third-order valence-corrected chi connectivity index (χ3v) is 3.14. The van der Waals surface area contributed by atoms with Crippen LogP contribution in [0, 0.1) is 20.6 Å². The zero-order valence-electron chi connectivity index (χ0n) is 10.5. The predicted octanol–water partition coefficient (Wildman–Crippen LogP) is 3.16. The molecular weight excluding hydrogens is 373 g/mol. The van der Waals surface area contributed by atoms with Crippen LogP contribution in [-0.2, 0) is 0 Å². The van der Waals surface area contributed by atoms with Gasteiger partial charge in [0.25, 0.3) is 11.6 Å². The van der Waals surface area contributed by atoms with Gasteiger partial charge in [-0.15, -0.1) is 0 Å². The van der Waals surface area contributed by atoms with E-state index in [9.17, 15) is 14.9 Å². The number of rotatable bonds is 3. The number of aromatic nitrogens is 1. The second kappa shape index (κ2) is 5.95. The first kappa shape index (κ1) is 14.4. The number of carbonyl (C=O) groups excluding carboxylic acids is 1.